The van der Waals surface area contributed by atoms with Crippen molar-refractivity contribution in [1.82, 2.24) is 15.0 Å². The Hall–Kier alpha value is -2.23. The van der Waals surface area contributed by atoms with Crippen LogP contribution >= 0.6 is 0 Å². The number of rotatable bonds is 1. The molecule has 0 aliphatic heterocycles. The van der Waals surface area contributed by atoms with Crippen molar-refractivity contribution in [2.75, 3.05) is 12.4 Å². The minimum absolute atomic E-state index is 0.595. The molecule has 0 unspecified atom stereocenters. The third kappa shape index (κ3) is 1.58. The Morgan fingerprint density at radius 3 is 2.82 bits per heavy atom. The summed E-state index contributed by atoms with van der Waals surface area (Å²) < 4.78 is 0. The van der Waals surface area contributed by atoms with Crippen molar-refractivity contribution >= 4 is 27.9 Å². The number of benzene rings is 1. The molecule has 0 saturated heterocycles. The lowest BCUT2D eigenvalue weighted by atomic mass is 10.1. The maximum absolute atomic E-state index is 4.59. The van der Waals surface area contributed by atoms with E-state index in [0.717, 1.165) is 27.5 Å². The molecule has 4 heteroatoms. The van der Waals surface area contributed by atoms with Crippen LogP contribution in [0, 0.1) is 6.92 Å². The van der Waals surface area contributed by atoms with Gasteiger partial charge in [0.1, 0.15) is 0 Å². The van der Waals surface area contributed by atoms with E-state index in [1.165, 1.54) is 0 Å². The zero-order chi connectivity index (χ0) is 11.8. The van der Waals surface area contributed by atoms with Gasteiger partial charge in [0.2, 0.25) is 5.95 Å². The predicted octanol–water partition coefficient (Wildman–Crippen LogP) is 2.53. The maximum atomic E-state index is 4.59. The van der Waals surface area contributed by atoms with E-state index in [2.05, 4.69) is 45.4 Å². The highest BCUT2D eigenvalue weighted by molar-refractivity contribution is 5.92. The monoisotopic (exact) mass is 224 g/mol. The zero-order valence-corrected chi connectivity index (χ0v) is 9.73. The molecule has 1 aromatic carbocycles. The third-order valence-electron chi connectivity index (χ3n) is 2.82. The van der Waals surface area contributed by atoms with Gasteiger partial charge in [0.25, 0.3) is 0 Å². The molecule has 3 rings (SSSR count). The Morgan fingerprint density at radius 1 is 1.12 bits per heavy atom. The number of anilines is 1. The van der Waals surface area contributed by atoms with Crippen LogP contribution in [-0.2, 0) is 0 Å². The standard InChI is InChI=1S/C13H12N4/c1-8-4-3-5-9-6-10-7-15-13(14-2)17-12(10)16-11(8)9/h3-7H,1-2H3,(H,14,15,16,17). The lowest BCUT2D eigenvalue weighted by Crippen LogP contribution is -1.97. The zero-order valence-electron chi connectivity index (χ0n) is 9.73. The fraction of sp³-hybridized carbons (Fsp3) is 0.154. The van der Waals surface area contributed by atoms with Gasteiger partial charge in [-0.2, -0.15) is 4.98 Å². The number of aryl methyl sites for hydroxylation is 1. The largest absolute Gasteiger partial charge is 0.357 e. The smallest absolute Gasteiger partial charge is 0.224 e. The fourth-order valence-electron chi connectivity index (χ4n) is 1.92. The molecule has 0 aliphatic rings. The lowest BCUT2D eigenvalue weighted by Gasteiger charge is -2.04. The molecule has 0 aliphatic carbocycles. The second kappa shape index (κ2) is 3.66. The fourth-order valence-corrected chi connectivity index (χ4v) is 1.92. The van der Waals surface area contributed by atoms with Gasteiger partial charge in [-0.3, -0.25) is 0 Å². The molecule has 4 nitrogen and oxygen atoms in total. The summed E-state index contributed by atoms with van der Waals surface area (Å²) in [5, 5.41) is 5.00. The van der Waals surface area contributed by atoms with Crippen LogP contribution in [-0.4, -0.2) is 22.0 Å². The van der Waals surface area contributed by atoms with Gasteiger partial charge in [-0.1, -0.05) is 18.2 Å². The van der Waals surface area contributed by atoms with Crippen LogP contribution in [0.5, 0.6) is 0 Å². The lowest BCUT2D eigenvalue weighted by molar-refractivity contribution is 1.17. The first kappa shape index (κ1) is 9.96. The van der Waals surface area contributed by atoms with Gasteiger partial charge >= 0.3 is 0 Å². The van der Waals surface area contributed by atoms with Crippen molar-refractivity contribution in [2.45, 2.75) is 6.92 Å². The molecular formula is C13H12N4. The molecule has 2 aromatic heterocycles. The molecule has 0 spiro atoms. The van der Waals surface area contributed by atoms with Gasteiger partial charge in [0.15, 0.2) is 5.65 Å². The maximum Gasteiger partial charge on any atom is 0.224 e. The van der Waals surface area contributed by atoms with E-state index >= 15 is 0 Å². The number of para-hydroxylation sites is 1. The topological polar surface area (TPSA) is 50.7 Å². The van der Waals surface area contributed by atoms with Crippen LogP contribution in [0.15, 0.2) is 30.5 Å². The van der Waals surface area contributed by atoms with Crippen LogP contribution in [0.25, 0.3) is 21.9 Å². The van der Waals surface area contributed by atoms with E-state index in [0.29, 0.717) is 5.95 Å². The van der Waals surface area contributed by atoms with Crippen LogP contribution in [0.3, 0.4) is 0 Å². The van der Waals surface area contributed by atoms with Crippen LogP contribution < -0.4 is 5.32 Å². The van der Waals surface area contributed by atoms with Crippen molar-refractivity contribution in [2.24, 2.45) is 0 Å². The van der Waals surface area contributed by atoms with Crippen LogP contribution in [0.4, 0.5) is 5.95 Å². The second-order valence-electron chi connectivity index (χ2n) is 3.99. The van der Waals surface area contributed by atoms with Gasteiger partial charge in [-0.05, 0) is 18.6 Å². The Balaban J connectivity index is 2.40. The Bertz CT molecular complexity index is 706. The highest BCUT2D eigenvalue weighted by Crippen LogP contribution is 2.20. The van der Waals surface area contributed by atoms with Crippen molar-refractivity contribution in [3.8, 4) is 0 Å². The molecule has 2 heterocycles. The van der Waals surface area contributed by atoms with E-state index in [9.17, 15) is 0 Å². The summed E-state index contributed by atoms with van der Waals surface area (Å²) in [6.07, 6.45) is 1.79. The Labute approximate surface area is 98.7 Å². The predicted molar refractivity (Wildman–Crippen MR) is 69.1 cm³/mol. The molecule has 0 amide bonds. The molecule has 0 atom stereocenters. The van der Waals surface area contributed by atoms with E-state index in [1.54, 1.807) is 13.2 Å². The molecule has 0 fully saturated rings. The molecule has 1 N–H and O–H groups in total. The van der Waals surface area contributed by atoms with Crippen LogP contribution in [0.2, 0.25) is 0 Å². The summed E-state index contributed by atoms with van der Waals surface area (Å²) in [5.41, 5.74) is 2.89. The quantitative estimate of drug-likeness (QED) is 0.645. The van der Waals surface area contributed by atoms with Gasteiger partial charge < -0.3 is 5.32 Å². The number of aromatic nitrogens is 3. The number of nitrogens with one attached hydrogen (secondary N) is 1. The SMILES string of the molecule is CNc1ncc2cc3cccc(C)c3nc2n1. The molecule has 0 saturated carbocycles. The number of pyridine rings is 1. The first-order chi connectivity index (χ1) is 8.28. The summed E-state index contributed by atoms with van der Waals surface area (Å²) >= 11 is 0. The van der Waals surface area contributed by atoms with Crippen molar-refractivity contribution < 1.29 is 0 Å². The minimum Gasteiger partial charge on any atom is -0.357 e. The second-order valence-corrected chi connectivity index (χ2v) is 3.99. The van der Waals surface area contributed by atoms with Gasteiger partial charge in [-0.15, -0.1) is 0 Å². The summed E-state index contributed by atoms with van der Waals surface area (Å²) in [6, 6.07) is 8.22. The molecule has 84 valence electrons. The molecule has 0 radical (unpaired) electrons. The Morgan fingerprint density at radius 2 is 2.00 bits per heavy atom. The molecule has 3 aromatic rings. The highest BCUT2D eigenvalue weighted by atomic mass is 15.1. The first-order valence-corrected chi connectivity index (χ1v) is 5.49. The minimum atomic E-state index is 0.595. The van der Waals surface area contributed by atoms with E-state index < -0.39 is 0 Å². The normalized spacial score (nSPS) is 10.9. The number of fused-ring (bicyclic) bond motifs is 2. The first-order valence-electron chi connectivity index (χ1n) is 5.49. The Kier molecular flexibility index (Phi) is 2.14. The number of hydrogen-bond donors (Lipinski definition) is 1. The molecular weight excluding hydrogens is 212 g/mol. The van der Waals surface area contributed by atoms with Crippen molar-refractivity contribution in [1.29, 1.82) is 0 Å². The molecule has 17 heavy (non-hydrogen) atoms. The average Bonchev–Trinajstić information content (AvgIpc) is 2.37. The highest BCUT2D eigenvalue weighted by Gasteiger charge is 2.04. The summed E-state index contributed by atoms with van der Waals surface area (Å²) in [7, 11) is 1.80. The number of nitrogens with zero attached hydrogens (tertiary/aromatic N) is 3. The van der Waals surface area contributed by atoms with E-state index in [4.69, 9.17) is 0 Å². The van der Waals surface area contributed by atoms with E-state index in [1.807, 2.05) is 6.07 Å². The van der Waals surface area contributed by atoms with Crippen molar-refractivity contribution in [3.05, 3.63) is 36.0 Å². The van der Waals surface area contributed by atoms with Crippen LogP contribution in [0.1, 0.15) is 5.56 Å². The summed E-state index contributed by atoms with van der Waals surface area (Å²) in [5.74, 6) is 0.595. The average molecular weight is 224 g/mol. The van der Waals surface area contributed by atoms with Crippen molar-refractivity contribution in [3.63, 3.8) is 0 Å². The number of hydrogen-bond acceptors (Lipinski definition) is 4. The summed E-state index contributed by atoms with van der Waals surface area (Å²) in [6.45, 7) is 2.06. The van der Waals surface area contributed by atoms with Gasteiger partial charge in [0, 0.05) is 24.0 Å². The summed E-state index contributed by atoms with van der Waals surface area (Å²) in [4.78, 5) is 13.1. The molecule has 0 bridgehead atoms. The van der Waals surface area contributed by atoms with Gasteiger partial charge in [-0.25, -0.2) is 9.97 Å². The van der Waals surface area contributed by atoms with Gasteiger partial charge in [0.05, 0.1) is 5.52 Å². The third-order valence-corrected chi connectivity index (χ3v) is 2.82. The van der Waals surface area contributed by atoms with E-state index in [-0.39, 0.29) is 0 Å².